The number of carbonyl (C=O) groups is 3. The van der Waals surface area contributed by atoms with Crippen LogP contribution in [-0.4, -0.2) is 48.1 Å². The van der Waals surface area contributed by atoms with Gasteiger partial charge in [-0.3, -0.25) is 4.79 Å². The molecule has 0 spiro atoms. The third-order valence-corrected chi connectivity index (χ3v) is 3.11. The fourth-order valence-electron chi connectivity index (χ4n) is 1.61. The zero-order chi connectivity index (χ0) is 16.2. The number of rotatable bonds is 4. The molecule has 8 heteroatoms. The van der Waals surface area contributed by atoms with Crippen molar-refractivity contribution >= 4 is 39.5 Å². The van der Waals surface area contributed by atoms with E-state index in [0.717, 1.165) is 0 Å². The van der Waals surface area contributed by atoms with Crippen molar-refractivity contribution in [3.05, 3.63) is 28.2 Å². The van der Waals surface area contributed by atoms with Crippen molar-refractivity contribution in [2.75, 3.05) is 19.4 Å². The molecule has 1 atom stereocenters. The van der Waals surface area contributed by atoms with Crippen molar-refractivity contribution in [3.8, 4) is 0 Å². The third-order valence-electron chi connectivity index (χ3n) is 2.62. The normalized spacial score (nSPS) is 11.4. The molecular formula is C13H16BrN3O4. The summed E-state index contributed by atoms with van der Waals surface area (Å²) in [5, 5.41) is 13.9. The molecule has 0 bridgehead atoms. The zero-order valence-corrected chi connectivity index (χ0v) is 13.4. The van der Waals surface area contributed by atoms with E-state index in [9.17, 15) is 14.4 Å². The Balaban J connectivity index is 2.82. The summed E-state index contributed by atoms with van der Waals surface area (Å²) >= 11 is 3.20. The van der Waals surface area contributed by atoms with Crippen LogP contribution in [0, 0.1) is 0 Å². The Labute approximate surface area is 130 Å². The summed E-state index contributed by atoms with van der Waals surface area (Å²) in [5.41, 5.74) is 0.0961. The smallest absolute Gasteiger partial charge is 0.337 e. The highest BCUT2D eigenvalue weighted by atomic mass is 79.9. The van der Waals surface area contributed by atoms with Gasteiger partial charge in [-0.1, -0.05) is 15.9 Å². The molecule has 3 N–H and O–H groups in total. The van der Waals surface area contributed by atoms with Crippen LogP contribution in [0.15, 0.2) is 22.7 Å². The molecule has 0 aliphatic carbocycles. The van der Waals surface area contributed by atoms with E-state index in [1.54, 1.807) is 27.1 Å². The SMILES string of the molecule is CC(NC(=O)Nc1cc(Br)ccc1C(=O)O)C(=O)N(C)C. The van der Waals surface area contributed by atoms with E-state index in [2.05, 4.69) is 26.6 Å². The summed E-state index contributed by atoms with van der Waals surface area (Å²) in [6, 6.07) is 3.03. The third kappa shape index (κ3) is 4.75. The molecule has 0 saturated carbocycles. The Morgan fingerprint density at radius 2 is 1.90 bits per heavy atom. The van der Waals surface area contributed by atoms with E-state index in [1.807, 2.05) is 0 Å². The predicted octanol–water partition coefficient (Wildman–Crippen LogP) is 1.75. The van der Waals surface area contributed by atoms with Gasteiger partial charge in [0.15, 0.2) is 0 Å². The molecule has 1 aromatic rings. The lowest BCUT2D eigenvalue weighted by Crippen LogP contribution is -2.45. The molecular weight excluding hydrogens is 342 g/mol. The monoisotopic (exact) mass is 357 g/mol. The van der Waals surface area contributed by atoms with Crippen molar-refractivity contribution in [2.24, 2.45) is 0 Å². The molecule has 1 aromatic carbocycles. The molecule has 0 aliphatic heterocycles. The first-order chi connectivity index (χ1) is 9.72. The van der Waals surface area contributed by atoms with Gasteiger partial charge in [0, 0.05) is 18.6 Å². The molecule has 7 nitrogen and oxygen atoms in total. The number of likely N-dealkylation sites (N-methyl/N-ethyl adjacent to an activating group) is 1. The molecule has 0 radical (unpaired) electrons. The number of benzene rings is 1. The average Bonchev–Trinajstić information content (AvgIpc) is 2.36. The number of urea groups is 1. The second kappa shape index (κ2) is 7.07. The van der Waals surface area contributed by atoms with Gasteiger partial charge < -0.3 is 20.6 Å². The minimum Gasteiger partial charge on any atom is -0.478 e. The van der Waals surface area contributed by atoms with Gasteiger partial charge in [0.1, 0.15) is 6.04 Å². The van der Waals surface area contributed by atoms with Crippen molar-refractivity contribution in [2.45, 2.75) is 13.0 Å². The second-order valence-corrected chi connectivity index (χ2v) is 5.46. The highest BCUT2D eigenvalue weighted by Crippen LogP contribution is 2.21. The molecule has 3 amide bonds. The number of carboxylic acids is 1. The first kappa shape index (κ1) is 17.0. The molecule has 0 saturated heterocycles. The average molecular weight is 358 g/mol. The maximum atomic E-state index is 11.8. The Morgan fingerprint density at radius 1 is 1.29 bits per heavy atom. The topological polar surface area (TPSA) is 98.7 Å². The summed E-state index contributed by atoms with van der Waals surface area (Å²) in [7, 11) is 3.16. The lowest BCUT2D eigenvalue weighted by atomic mass is 10.2. The molecule has 0 aliphatic rings. The second-order valence-electron chi connectivity index (χ2n) is 4.55. The quantitative estimate of drug-likeness (QED) is 0.764. The summed E-state index contributed by atoms with van der Waals surface area (Å²) in [5.74, 6) is -1.42. The van der Waals surface area contributed by atoms with E-state index in [1.165, 1.54) is 17.0 Å². The number of carboxylic acid groups (broad SMARTS) is 1. The van der Waals surface area contributed by atoms with Crippen molar-refractivity contribution < 1.29 is 19.5 Å². The Bertz CT molecular complexity index is 575. The van der Waals surface area contributed by atoms with E-state index >= 15 is 0 Å². The van der Waals surface area contributed by atoms with Crippen LogP contribution in [0.2, 0.25) is 0 Å². The number of amides is 3. The van der Waals surface area contributed by atoms with Gasteiger partial charge in [0.2, 0.25) is 5.91 Å². The number of carbonyl (C=O) groups excluding carboxylic acids is 2. The van der Waals surface area contributed by atoms with Crippen LogP contribution in [0.3, 0.4) is 0 Å². The van der Waals surface area contributed by atoms with Crippen molar-refractivity contribution in [3.63, 3.8) is 0 Å². The first-order valence-electron chi connectivity index (χ1n) is 6.04. The van der Waals surface area contributed by atoms with Crippen molar-refractivity contribution in [1.82, 2.24) is 10.2 Å². The predicted molar refractivity (Wildman–Crippen MR) is 81.4 cm³/mol. The van der Waals surface area contributed by atoms with Crippen LogP contribution < -0.4 is 10.6 Å². The maximum Gasteiger partial charge on any atom is 0.337 e. The van der Waals surface area contributed by atoms with Crippen LogP contribution in [0.1, 0.15) is 17.3 Å². The highest BCUT2D eigenvalue weighted by Gasteiger charge is 2.18. The van der Waals surface area contributed by atoms with E-state index in [-0.39, 0.29) is 17.2 Å². The molecule has 1 rings (SSSR count). The van der Waals surface area contributed by atoms with Crippen LogP contribution in [0.4, 0.5) is 10.5 Å². The van der Waals surface area contributed by atoms with Gasteiger partial charge >= 0.3 is 12.0 Å². The van der Waals surface area contributed by atoms with Gasteiger partial charge in [-0.25, -0.2) is 9.59 Å². The summed E-state index contributed by atoms with van der Waals surface area (Å²) in [6.07, 6.45) is 0. The van der Waals surface area contributed by atoms with Gasteiger partial charge in [0.05, 0.1) is 11.3 Å². The summed E-state index contributed by atoms with van der Waals surface area (Å²) in [4.78, 5) is 35.9. The lowest BCUT2D eigenvalue weighted by molar-refractivity contribution is -0.130. The molecule has 21 heavy (non-hydrogen) atoms. The van der Waals surface area contributed by atoms with Crippen LogP contribution in [-0.2, 0) is 4.79 Å². The molecule has 0 fully saturated rings. The lowest BCUT2D eigenvalue weighted by Gasteiger charge is -2.18. The minimum absolute atomic E-state index is 0.0417. The van der Waals surface area contributed by atoms with Crippen LogP contribution in [0.5, 0.6) is 0 Å². The number of anilines is 1. The van der Waals surface area contributed by atoms with E-state index in [0.29, 0.717) is 4.47 Å². The molecule has 0 aromatic heterocycles. The Hall–Kier alpha value is -2.09. The first-order valence-corrected chi connectivity index (χ1v) is 6.83. The standard InChI is InChI=1S/C13H16BrN3O4/c1-7(11(18)17(2)3)15-13(21)16-10-6-8(14)4-5-9(10)12(19)20/h4-7H,1-3H3,(H,19,20)(H2,15,16,21). The number of hydrogen-bond acceptors (Lipinski definition) is 3. The van der Waals surface area contributed by atoms with Gasteiger partial charge in [-0.05, 0) is 25.1 Å². The number of aromatic carboxylic acids is 1. The van der Waals surface area contributed by atoms with E-state index < -0.39 is 18.0 Å². The summed E-state index contributed by atoms with van der Waals surface area (Å²) in [6.45, 7) is 1.54. The van der Waals surface area contributed by atoms with Gasteiger partial charge in [-0.2, -0.15) is 0 Å². The number of hydrogen-bond donors (Lipinski definition) is 3. The maximum absolute atomic E-state index is 11.8. The molecule has 1 unspecified atom stereocenters. The highest BCUT2D eigenvalue weighted by molar-refractivity contribution is 9.10. The van der Waals surface area contributed by atoms with Gasteiger partial charge in [0.25, 0.3) is 0 Å². The van der Waals surface area contributed by atoms with Gasteiger partial charge in [-0.15, -0.1) is 0 Å². The Kier molecular flexibility index (Phi) is 5.71. The van der Waals surface area contributed by atoms with Crippen molar-refractivity contribution in [1.29, 1.82) is 0 Å². The number of nitrogens with one attached hydrogen (secondary N) is 2. The summed E-state index contributed by atoms with van der Waals surface area (Å²) < 4.78 is 0.625. The Morgan fingerprint density at radius 3 is 2.43 bits per heavy atom. The number of halogens is 1. The number of nitrogens with zero attached hydrogens (tertiary/aromatic N) is 1. The fraction of sp³-hybridized carbons (Fsp3) is 0.308. The molecule has 0 heterocycles. The minimum atomic E-state index is -1.16. The van der Waals surface area contributed by atoms with Crippen LogP contribution >= 0.6 is 15.9 Å². The van der Waals surface area contributed by atoms with Crippen LogP contribution in [0.25, 0.3) is 0 Å². The zero-order valence-electron chi connectivity index (χ0n) is 11.8. The largest absolute Gasteiger partial charge is 0.478 e. The molecule has 114 valence electrons. The van der Waals surface area contributed by atoms with E-state index in [4.69, 9.17) is 5.11 Å². The fourth-order valence-corrected chi connectivity index (χ4v) is 1.97.